The maximum Gasteiger partial charge on any atom is 0.350 e. The highest BCUT2D eigenvalue weighted by Crippen LogP contribution is 2.13. The topological polar surface area (TPSA) is 61.2 Å². The van der Waals surface area contributed by atoms with Crippen molar-refractivity contribution >= 4 is 10.0 Å². The molecule has 0 heterocycles. The van der Waals surface area contributed by atoms with E-state index in [9.17, 15) is 17.2 Å². The minimum Gasteiger partial charge on any atom is -0.206 e. The third-order valence-electron chi connectivity index (χ3n) is 1.64. The van der Waals surface area contributed by atoms with E-state index in [1.165, 1.54) is 13.8 Å². The van der Waals surface area contributed by atoms with Crippen LogP contribution >= 0.6 is 0 Å². The molecule has 14 heavy (non-hydrogen) atoms. The van der Waals surface area contributed by atoms with E-state index in [4.69, 9.17) is 5.26 Å². The lowest BCUT2D eigenvalue weighted by molar-refractivity contribution is 0.218. The van der Waals surface area contributed by atoms with Crippen LogP contribution in [-0.2, 0) is 10.0 Å². The van der Waals surface area contributed by atoms with Crippen molar-refractivity contribution in [3.63, 3.8) is 0 Å². The number of hydrogen-bond donors (Lipinski definition) is 0. The van der Waals surface area contributed by atoms with E-state index in [1.54, 1.807) is 6.07 Å². The van der Waals surface area contributed by atoms with Crippen LogP contribution in [0.25, 0.3) is 0 Å². The van der Waals surface area contributed by atoms with E-state index in [-0.39, 0.29) is 13.1 Å². The molecule has 0 aliphatic rings. The largest absolute Gasteiger partial charge is 0.350 e. The summed E-state index contributed by atoms with van der Waals surface area (Å²) in [7, 11) is -4.55. The van der Waals surface area contributed by atoms with Gasteiger partial charge in [-0.3, -0.25) is 0 Å². The molecule has 0 amide bonds. The van der Waals surface area contributed by atoms with Gasteiger partial charge in [0, 0.05) is 13.1 Å². The van der Waals surface area contributed by atoms with Crippen molar-refractivity contribution in [3.05, 3.63) is 0 Å². The molecule has 1 atom stereocenters. The summed E-state index contributed by atoms with van der Waals surface area (Å²) in [4.78, 5) is 0. The third-order valence-corrected chi connectivity index (χ3v) is 3.21. The number of hydrogen-bond acceptors (Lipinski definition) is 3. The molecule has 0 aliphatic heterocycles. The Morgan fingerprint density at radius 2 is 2.00 bits per heavy atom. The van der Waals surface area contributed by atoms with Crippen molar-refractivity contribution in [2.24, 2.45) is 5.92 Å². The van der Waals surface area contributed by atoms with Gasteiger partial charge in [0.15, 0.2) is 0 Å². The van der Waals surface area contributed by atoms with Gasteiger partial charge < -0.3 is 0 Å². The van der Waals surface area contributed by atoms with Crippen LogP contribution in [0.5, 0.6) is 0 Å². The zero-order valence-electron chi connectivity index (χ0n) is 7.94. The Morgan fingerprint density at radius 3 is 2.29 bits per heavy atom. The van der Waals surface area contributed by atoms with Crippen molar-refractivity contribution in [2.75, 3.05) is 13.1 Å². The third kappa shape index (κ3) is 3.20. The normalized spacial score (nSPS) is 14.4. The van der Waals surface area contributed by atoms with Crippen LogP contribution in [0.2, 0.25) is 0 Å². The maximum absolute atomic E-state index is 12.1. The highest BCUT2D eigenvalue weighted by atomic mass is 32.2. The zero-order valence-corrected chi connectivity index (χ0v) is 8.76. The Morgan fingerprint density at radius 1 is 1.50 bits per heavy atom. The summed E-state index contributed by atoms with van der Waals surface area (Å²) in [6.45, 7) is 2.67. The molecule has 0 N–H and O–H groups in total. The molecule has 7 heteroatoms. The molecule has 82 valence electrons. The minimum absolute atomic E-state index is 0.0569. The summed E-state index contributed by atoms with van der Waals surface area (Å²) < 4.78 is 46.8. The van der Waals surface area contributed by atoms with Crippen LogP contribution in [-0.4, -0.2) is 31.6 Å². The number of alkyl halides is 2. The molecule has 0 saturated heterocycles. The average molecular weight is 226 g/mol. The quantitative estimate of drug-likeness (QED) is 0.703. The Bertz CT molecular complexity index is 310. The van der Waals surface area contributed by atoms with Crippen molar-refractivity contribution in [1.29, 1.82) is 5.26 Å². The average Bonchev–Trinajstić information content (AvgIpc) is 2.12. The van der Waals surface area contributed by atoms with Crippen LogP contribution in [0.15, 0.2) is 0 Å². The van der Waals surface area contributed by atoms with E-state index in [0.29, 0.717) is 4.31 Å². The van der Waals surface area contributed by atoms with Crippen molar-refractivity contribution in [3.8, 4) is 6.07 Å². The highest BCUT2D eigenvalue weighted by molar-refractivity contribution is 7.89. The van der Waals surface area contributed by atoms with Gasteiger partial charge in [-0.1, -0.05) is 6.92 Å². The first kappa shape index (κ1) is 13.3. The lowest BCUT2D eigenvalue weighted by Gasteiger charge is -2.20. The molecule has 4 nitrogen and oxygen atoms in total. The lowest BCUT2D eigenvalue weighted by Crippen LogP contribution is -2.37. The van der Waals surface area contributed by atoms with Crippen LogP contribution in [0.3, 0.4) is 0 Å². The number of nitrogens with zero attached hydrogens (tertiary/aromatic N) is 2. The highest BCUT2D eigenvalue weighted by Gasteiger charge is 2.31. The van der Waals surface area contributed by atoms with Crippen LogP contribution in [0.1, 0.15) is 13.8 Å². The van der Waals surface area contributed by atoms with E-state index in [2.05, 4.69) is 0 Å². The summed E-state index contributed by atoms with van der Waals surface area (Å²) in [6, 6.07) is 1.79. The molecule has 0 aliphatic carbocycles. The van der Waals surface area contributed by atoms with Crippen molar-refractivity contribution in [2.45, 2.75) is 19.6 Å². The smallest absolute Gasteiger partial charge is 0.206 e. The molecule has 0 aromatic heterocycles. The first-order valence-electron chi connectivity index (χ1n) is 4.03. The van der Waals surface area contributed by atoms with Gasteiger partial charge >= 0.3 is 5.76 Å². The lowest BCUT2D eigenvalue weighted by atomic mass is 10.2. The van der Waals surface area contributed by atoms with Gasteiger partial charge in [-0.15, -0.1) is 0 Å². The molecule has 0 radical (unpaired) electrons. The molecule has 0 aromatic carbocycles. The Kier molecular flexibility index (Phi) is 4.94. The first-order chi connectivity index (χ1) is 6.36. The van der Waals surface area contributed by atoms with Gasteiger partial charge in [0.2, 0.25) is 0 Å². The molecule has 0 rings (SSSR count). The molecule has 1 unspecified atom stereocenters. The van der Waals surface area contributed by atoms with E-state index in [0.717, 1.165) is 0 Å². The summed E-state index contributed by atoms with van der Waals surface area (Å²) >= 11 is 0. The minimum atomic E-state index is -4.55. The molecule has 0 fully saturated rings. The predicted octanol–water partition coefficient (Wildman–Crippen LogP) is 1.02. The van der Waals surface area contributed by atoms with Crippen LogP contribution in [0.4, 0.5) is 8.78 Å². The molecule has 0 saturated carbocycles. The molecular formula is C7H12F2N2O2S. The second-order valence-corrected chi connectivity index (χ2v) is 4.69. The molecule has 0 bridgehead atoms. The summed E-state index contributed by atoms with van der Waals surface area (Å²) in [5, 5.41) is 8.42. The fourth-order valence-electron chi connectivity index (χ4n) is 0.872. The van der Waals surface area contributed by atoms with Gasteiger partial charge in [0.05, 0.1) is 12.0 Å². The van der Waals surface area contributed by atoms with Crippen LogP contribution in [0, 0.1) is 17.2 Å². The van der Waals surface area contributed by atoms with E-state index >= 15 is 0 Å². The summed E-state index contributed by atoms with van der Waals surface area (Å²) in [5.74, 6) is -4.02. The van der Waals surface area contributed by atoms with Gasteiger partial charge in [0.1, 0.15) is 0 Å². The second-order valence-electron chi connectivity index (χ2n) is 2.79. The Labute approximate surface area is 82.2 Å². The van der Waals surface area contributed by atoms with Crippen molar-refractivity contribution in [1.82, 2.24) is 4.31 Å². The van der Waals surface area contributed by atoms with Gasteiger partial charge in [-0.2, -0.15) is 18.3 Å². The number of nitriles is 1. The molecule has 0 spiro atoms. The van der Waals surface area contributed by atoms with Gasteiger partial charge in [0.25, 0.3) is 10.0 Å². The summed E-state index contributed by atoms with van der Waals surface area (Å²) in [5.41, 5.74) is 0. The predicted molar refractivity (Wildman–Crippen MR) is 46.9 cm³/mol. The Hall–Kier alpha value is -0.740. The SMILES string of the molecule is CCN(CC(C)C#N)S(=O)(=O)C(F)F. The first-order valence-corrected chi connectivity index (χ1v) is 5.53. The number of rotatable bonds is 5. The van der Waals surface area contributed by atoms with Crippen molar-refractivity contribution < 1.29 is 17.2 Å². The fourth-order valence-corrected chi connectivity index (χ4v) is 1.89. The van der Waals surface area contributed by atoms with E-state index in [1.807, 2.05) is 0 Å². The molecular weight excluding hydrogens is 214 g/mol. The monoisotopic (exact) mass is 226 g/mol. The maximum atomic E-state index is 12.1. The molecule has 0 aromatic rings. The fraction of sp³-hybridized carbons (Fsp3) is 0.857. The summed E-state index contributed by atoms with van der Waals surface area (Å²) in [6.07, 6.45) is 0. The van der Waals surface area contributed by atoms with Crippen LogP contribution < -0.4 is 0 Å². The number of sulfonamides is 1. The van der Waals surface area contributed by atoms with Gasteiger partial charge in [-0.25, -0.2) is 8.42 Å². The zero-order chi connectivity index (χ0) is 11.4. The second kappa shape index (κ2) is 5.22. The number of halogens is 2. The standard InChI is InChI=1S/C7H12F2N2O2S/c1-3-11(5-6(2)4-10)14(12,13)7(8)9/h6-7H,3,5H2,1-2H3. The Balaban J connectivity index is 4.68. The van der Waals surface area contributed by atoms with Gasteiger partial charge in [-0.05, 0) is 6.92 Å². The van der Waals surface area contributed by atoms with E-state index < -0.39 is 21.7 Å².